The zero-order chi connectivity index (χ0) is 17.9. The standard InChI is InChI=1S/C22H20N4/c1-16-20-10-11-24-22(20)25-15-21(16)26-12-3-2-7-19(26)9-8-17-5-4-6-18(13-17)14-23/h2-6,8-11,13,15,19H,7,12H2,1H3,(H,24,25). The van der Waals surface area contributed by atoms with Gasteiger partial charge in [-0.15, -0.1) is 0 Å². The van der Waals surface area contributed by atoms with E-state index in [1.54, 1.807) is 0 Å². The number of hydrogen-bond donors (Lipinski definition) is 1. The van der Waals surface area contributed by atoms with Gasteiger partial charge in [0.15, 0.2) is 0 Å². The molecule has 0 bridgehead atoms. The molecule has 128 valence electrons. The second-order valence-corrected chi connectivity index (χ2v) is 6.53. The molecule has 1 aliphatic rings. The highest BCUT2D eigenvalue weighted by Crippen LogP contribution is 2.30. The minimum Gasteiger partial charge on any atom is -0.360 e. The maximum Gasteiger partial charge on any atom is 0.137 e. The molecular weight excluding hydrogens is 320 g/mol. The summed E-state index contributed by atoms with van der Waals surface area (Å²) in [5.74, 6) is 0. The lowest BCUT2D eigenvalue weighted by Gasteiger charge is -2.34. The largest absolute Gasteiger partial charge is 0.360 e. The molecule has 1 unspecified atom stereocenters. The first-order chi connectivity index (χ1) is 12.8. The van der Waals surface area contributed by atoms with Crippen LogP contribution in [0.2, 0.25) is 0 Å². The molecule has 0 saturated heterocycles. The quantitative estimate of drug-likeness (QED) is 0.709. The summed E-state index contributed by atoms with van der Waals surface area (Å²) in [5, 5.41) is 10.2. The summed E-state index contributed by atoms with van der Waals surface area (Å²) < 4.78 is 0. The van der Waals surface area contributed by atoms with Crippen molar-refractivity contribution in [3.63, 3.8) is 0 Å². The van der Waals surface area contributed by atoms with Crippen LogP contribution in [-0.2, 0) is 0 Å². The molecule has 4 nitrogen and oxygen atoms in total. The molecule has 0 radical (unpaired) electrons. The fourth-order valence-electron chi connectivity index (χ4n) is 3.50. The summed E-state index contributed by atoms with van der Waals surface area (Å²) >= 11 is 0. The number of anilines is 1. The minimum atomic E-state index is 0.266. The van der Waals surface area contributed by atoms with E-state index in [-0.39, 0.29) is 6.04 Å². The number of pyridine rings is 1. The zero-order valence-corrected chi connectivity index (χ0v) is 14.7. The van der Waals surface area contributed by atoms with Crippen molar-refractivity contribution in [2.24, 2.45) is 0 Å². The van der Waals surface area contributed by atoms with Crippen LogP contribution >= 0.6 is 0 Å². The van der Waals surface area contributed by atoms with Gasteiger partial charge >= 0.3 is 0 Å². The van der Waals surface area contributed by atoms with Crippen LogP contribution in [0.25, 0.3) is 17.1 Å². The molecule has 3 heterocycles. The predicted molar refractivity (Wildman–Crippen MR) is 106 cm³/mol. The van der Waals surface area contributed by atoms with E-state index in [0.717, 1.165) is 24.2 Å². The smallest absolute Gasteiger partial charge is 0.137 e. The van der Waals surface area contributed by atoms with Crippen LogP contribution in [0.3, 0.4) is 0 Å². The molecular formula is C22H20N4. The normalized spacial score (nSPS) is 17.1. The predicted octanol–water partition coefficient (Wildman–Crippen LogP) is 4.59. The molecule has 1 N–H and O–H groups in total. The number of nitrogens with zero attached hydrogens (tertiary/aromatic N) is 3. The molecule has 0 saturated carbocycles. The van der Waals surface area contributed by atoms with Crippen molar-refractivity contribution in [1.29, 1.82) is 5.26 Å². The molecule has 1 aliphatic heterocycles. The lowest BCUT2D eigenvalue weighted by Crippen LogP contribution is -2.36. The highest BCUT2D eigenvalue weighted by molar-refractivity contribution is 5.84. The number of hydrogen-bond acceptors (Lipinski definition) is 3. The van der Waals surface area contributed by atoms with Crippen molar-refractivity contribution in [2.45, 2.75) is 19.4 Å². The van der Waals surface area contributed by atoms with Crippen LogP contribution in [0.1, 0.15) is 23.1 Å². The van der Waals surface area contributed by atoms with Gasteiger partial charge in [-0.2, -0.15) is 5.26 Å². The lowest BCUT2D eigenvalue weighted by atomic mass is 10.0. The van der Waals surface area contributed by atoms with Gasteiger partial charge in [0, 0.05) is 18.1 Å². The maximum absolute atomic E-state index is 9.07. The fraction of sp³-hybridized carbons (Fsp3) is 0.182. The molecule has 26 heavy (non-hydrogen) atoms. The van der Waals surface area contributed by atoms with Gasteiger partial charge in [0.25, 0.3) is 0 Å². The lowest BCUT2D eigenvalue weighted by molar-refractivity contribution is 0.704. The van der Waals surface area contributed by atoms with E-state index < -0.39 is 0 Å². The summed E-state index contributed by atoms with van der Waals surface area (Å²) in [6.07, 6.45) is 13.6. The first-order valence-electron chi connectivity index (χ1n) is 8.79. The number of aromatic amines is 1. The van der Waals surface area contributed by atoms with E-state index in [9.17, 15) is 0 Å². The Labute approximate surface area is 153 Å². The Morgan fingerprint density at radius 1 is 1.31 bits per heavy atom. The summed E-state index contributed by atoms with van der Waals surface area (Å²) in [5.41, 5.74) is 5.08. The van der Waals surface area contributed by atoms with Gasteiger partial charge in [-0.05, 0) is 42.7 Å². The second kappa shape index (κ2) is 6.89. The van der Waals surface area contributed by atoms with Gasteiger partial charge < -0.3 is 9.88 Å². The van der Waals surface area contributed by atoms with E-state index in [0.29, 0.717) is 5.56 Å². The number of benzene rings is 1. The third kappa shape index (κ3) is 3.00. The summed E-state index contributed by atoms with van der Waals surface area (Å²) in [6, 6.07) is 12.2. The fourth-order valence-corrected chi connectivity index (χ4v) is 3.50. The Morgan fingerprint density at radius 2 is 2.23 bits per heavy atom. The third-order valence-corrected chi connectivity index (χ3v) is 4.91. The first-order valence-corrected chi connectivity index (χ1v) is 8.79. The third-order valence-electron chi connectivity index (χ3n) is 4.91. The monoisotopic (exact) mass is 340 g/mol. The molecule has 4 heteroatoms. The van der Waals surface area contributed by atoms with Crippen LogP contribution in [-0.4, -0.2) is 22.6 Å². The van der Waals surface area contributed by atoms with Crippen LogP contribution in [0, 0.1) is 18.3 Å². The Morgan fingerprint density at radius 3 is 3.12 bits per heavy atom. The Balaban J connectivity index is 1.66. The van der Waals surface area contributed by atoms with Crippen molar-refractivity contribution in [1.82, 2.24) is 9.97 Å². The highest BCUT2D eigenvalue weighted by atomic mass is 15.2. The molecule has 0 fully saturated rings. The van der Waals surface area contributed by atoms with E-state index in [1.165, 1.54) is 16.6 Å². The van der Waals surface area contributed by atoms with E-state index in [2.05, 4.69) is 58.2 Å². The minimum absolute atomic E-state index is 0.266. The van der Waals surface area contributed by atoms with E-state index in [1.807, 2.05) is 36.7 Å². The van der Waals surface area contributed by atoms with Crippen molar-refractivity contribution < 1.29 is 0 Å². The van der Waals surface area contributed by atoms with Gasteiger partial charge in [0.2, 0.25) is 0 Å². The number of rotatable bonds is 3. The number of fused-ring (bicyclic) bond motifs is 1. The highest BCUT2D eigenvalue weighted by Gasteiger charge is 2.20. The number of nitrogens with one attached hydrogen (secondary N) is 1. The average Bonchev–Trinajstić information content (AvgIpc) is 3.17. The Hall–Kier alpha value is -3.32. The molecule has 2 aromatic heterocycles. The van der Waals surface area contributed by atoms with Gasteiger partial charge in [0.1, 0.15) is 5.65 Å². The average molecular weight is 340 g/mol. The number of H-pyrrole nitrogens is 1. The van der Waals surface area contributed by atoms with Crippen molar-refractivity contribution in [2.75, 3.05) is 11.4 Å². The topological polar surface area (TPSA) is 55.7 Å². The number of aryl methyl sites for hydroxylation is 1. The molecule has 0 amide bonds. The van der Waals surface area contributed by atoms with Crippen molar-refractivity contribution in [3.8, 4) is 6.07 Å². The Bertz CT molecular complexity index is 1040. The molecule has 1 aromatic carbocycles. The van der Waals surface area contributed by atoms with Gasteiger partial charge in [0.05, 0.1) is 29.6 Å². The van der Waals surface area contributed by atoms with E-state index in [4.69, 9.17) is 5.26 Å². The second-order valence-electron chi connectivity index (χ2n) is 6.53. The van der Waals surface area contributed by atoms with E-state index >= 15 is 0 Å². The van der Waals surface area contributed by atoms with Crippen LogP contribution < -0.4 is 4.90 Å². The zero-order valence-electron chi connectivity index (χ0n) is 14.7. The van der Waals surface area contributed by atoms with Gasteiger partial charge in [-0.1, -0.05) is 36.4 Å². The Kier molecular flexibility index (Phi) is 4.28. The van der Waals surface area contributed by atoms with Gasteiger partial charge in [-0.3, -0.25) is 0 Å². The van der Waals surface area contributed by atoms with Crippen molar-refractivity contribution in [3.05, 3.63) is 77.6 Å². The summed E-state index contributed by atoms with van der Waals surface area (Å²) in [7, 11) is 0. The SMILES string of the molecule is Cc1c(N2CC=CCC2C=Cc2cccc(C#N)c2)cnc2[nH]ccc12. The number of nitriles is 1. The molecule has 0 aliphatic carbocycles. The maximum atomic E-state index is 9.07. The molecule has 3 aromatic rings. The molecule has 4 rings (SSSR count). The molecule has 1 atom stereocenters. The van der Waals surface area contributed by atoms with Crippen LogP contribution in [0.15, 0.2) is 61.0 Å². The summed E-state index contributed by atoms with van der Waals surface area (Å²) in [4.78, 5) is 10.1. The molecule has 0 spiro atoms. The number of aromatic nitrogens is 2. The van der Waals surface area contributed by atoms with Crippen LogP contribution in [0.5, 0.6) is 0 Å². The van der Waals surface area contributed by atoms with Gasteiger partial charge in [-0.25, -0.2) is 4.98 Å². The first kappa shape index (κ1) is 16.2. The van der Waals surface area contributed by atoms with Crippen molar-refractivity contribution >= 4 is 22.8 Å². The summed E-state index contributed by atoms with van der Waals surface area (Å²) in [6.45, 7) is 3.02. The van der Waals surface area contributed by atoms with Crippen LogP contribution in [0.4, 0.5) is 5.69 Å².